The maximum atomic E-state index is 14.4. The molecule has 3 fully saturated rings. The Balaban J connectivity index is 1.21. The van der Waals surface area contributed by atoms with Crippen LogP contribution in [-0.2, 0) is 21.4 Å². The van der Waals surface area contributed by atoms with E-state index in [0.717, 1.165) is 93.2 Å². The van der Waals surface area contributed by atoms with Crippen LogP contribution in [0.2, 0.25) is 0 Å². The zero-order valence-corrected chi connectivity index (χ0v) is 25.5. The van der Waals surface area contributed by atoms with Gasteiger partial charge in [-0.25, -0.2) is 13.9 Å². The lowest BCUT2D eigenvalue weighted by molar-refractivity contribution is -0.121. The molecule has 1 N–H and O–H groups in total. The average Bonchev–Trinajstić information content (AvgIpc) is 3.61. The minimum atomic E-state index is -0.245. The number of aromatic nitrogens is 3. The molecule has 5 heterocycles. The van der Waals surface area contributed by atoms with Gasteiger partial charge in [-0.05, 0) is 50.5 Å². The Morgan fingerprint density at radius 3 is 2.74 bits per heavy atom. The molecule has 230 valence electrons. The quantitative estimate of drug-likeness (QED) is 0.473. The summed E-state index contributed by atoms with van der Waals surface area (Å²) < 4.78 is 21.4. The highest BCUT2D eigenvalue weighted by molar-refractivity contribution is 5.98. The first-order valence-electron chi connectivity index (χ1n) is 16.1. The van der Waals surface area contributed by atoms with Crippen LogP contribution in [-0.4, -0.2) is 101 Å². The molecule has 3 aliphatic heterocycles. The normalized spacial score (nSPS) is 26.3. The van der Waals surface area contributed by atoms with Crippen LogP contribution < -0.4 is 10.2 Å². The van der Waals surface area contributed by atoms with Crippen LogP contribution in [0.15, 0.2) is 36.7 Å². The fourth-order valence-corrected chi connectivity index (χ4v) is 7.96. The number of ether oxygens (including phenoxy) is 1. The molecule has 43 heavy (non-hydrogen) atoms. The van der Waals surface area contributed by atoms with E-state index in [0.29, 0.717) is 31.6 Å². The Kier molecular flexibility index (Phi) is 7.96. The number of amides is 1. The van der Waals surface area contributed by atoms with E-state index in [-0.39, 0.29) is 23.2 Å². The van der Waals surface area contributed by atoms with Gasteiger partial charge in [0.25, 0.3) is 0 Å². The van der Waals surface area contributed by atoms with Gasteiger partial charge in [0, 0.05) is 68.2 Å². The number of hydrogen-bond donors (Lipinski definition) is 1. The van der Waals surface area contributed by atoms with E-state index in [1.807, 2.05) is 16.6 Å². The summed E-state index contributed by atoms with van der Waals surface area (Å²) in [6.45, 7) is 10.6. The highest BCUT2D eigenvalue weighted by Gasteiger charge is 2.48. The van der Waals surface area contributed by atoms with E-state index in [1.165, 1.54) is 18.6 Å². The topological polar surface area (TPSA) is 78.2 Å². The number of carbonyl (C=O) groups is 1. The van der Waals surface area contributed by atoms with Crippen molar-refractivity contribution in [1.29, 1.82) is 0 Å². The van der Waals surface area contributed by atoms with Crippen molar-refractivity contribution in [2.75, 3.05) is 57.4 Å². The summed E-state index contributed by atoms with van der Waals surface area (Å²) in [5.41, 5.74) is 4.85. The Hall–Kier alpha value is -2.92. The number of anilines is 1. The number of fused-ring (bicyclic) bond motifs is 4. The fraction of sp³-hybridized carbons (Fsp3) is 0.606. The van der Waals surface area contributed by atoms with Crippen LogP contribution in [0.4, 0.5) is 10.1 Å². The Morgan fingerprint density at radius 1 is 1.14 bits per heavy atom. The zero-order chi connectivity index (χ0) is 29.6. The van der Waals surface area contributed by atoms with Crippen LogP contribution in [0.3, 0.4) is 0 Å². The Morgan fingerprint density at radius 2 is 1.95 bits per heavy atom. The van der Waals surface area contributed by atoms with Gasteiger partial charge in [0.05, 0.1) is 31.1 Å². The van der Waals surface area contributed by atoms with Crippen molar-refractivity contribution in [1.82, 2.24) is 29.7 Å². The summed E-state index contributed by atoms with van der Waals surface area (Å²) in [4.78, 5) is 26.1. The van der Waals surface area contributed by atoms with Crippen molar-refractivity contribution in [3.8, 4) is 0 Å². The lowest BCUT2D eigenvalue weighted by Gasteiger charge is -2.43. The van der Waals surface area contributed by atoms with Gasteiger partial charge in [-0.15, -0.1) is 0 Å². The maximum Gasteiger partial charge on any atom is 0.241 e. The molecule has 0 bridgehead atoms. The molecule has 2 aromatic heterocycles. The first-order chi connectivity index (χ1) is 20.9. The Bertz CT molecular complexity index is 1450. The summed E-state index contributed by atoms with van der Waals surface area (Å²) in [5.74, 6) is -0.0880. The smallest absolute Gasteiger partial charge is 0.241 e. The van der Waals surface area contributed by atoms with E-state index < -0.39 is 0 Å². The van der Waals surface area contributed by atoms with Gasteiger partial charge in [-0.2, -0.15) is 5.10 Å². The summed E-state index contributed by atoms with van der Waals surface area (Å²) in [6, 6.07) is 9.79. The van der Waals surface area contributed by atoms with Gasteiger partial charge in [0.15, 0.2) is 5.65 Å². The second kappa shape index (κ2) is 11.9. The zero-order valence-electron chi connectivity index (χ0n) is 25.5. The first-order valence-corrected chi connectivity index (χ1v) is 16.1. The minimum Gasteiger partial charge on any atom is -0.379 e. The summed E-state index contributed by atoms with van der Waals surface area (Å²) in [6.07, 6.45) is 7.88. The molecule has 1 amide bonds. The molecule has 3 aromatic rings. The molecule has 1 aromatic carbocycles. The second-order valence-corrected chi connectivity index (χ2v) is 13.3. The van der Waals surface area contributed by atoms with Crippen LogP contribution in [0.5, 0.6) is 0 Å². The lowest BCUT2D eigenvalue weighted by Crippen LogP contribution is -2.62. The van der Waals surface area contributed by atoms with Crippen LogP contribution in [0.25, 0.3) is 5.65 Å². The SMILES string of the molecule is C[C@@H]1CN(CC(=O)N2CC3(CCCCC3)c3c2cc(Cc2ccc(F)cc2)c2ncnn32)[C@@H](CN2CCOC[C@H]2C)CN1. The number of nitrogens with one attached hydrogen (secondary N) is 1. The number of carbonyl (C=O) groups excluding carboxylic acids is 1. The standard InChI is InChI=1S/C33H44FN7O2/c1-23-17-39(28(16-35-23)18-38-12-13-43-20-24(38)2)19-30(42)40-21-33(10-4-3-5-11-33)31-29(40)15-26(32-36-22-37-41(31)32)14-25-6-8-27(34)9-7-25/h6-9,15,22-24,28,35H,3-5,10-14,16-21H2,1-2H3/t23-,24-,28-/m1/s1. The van der Waals surface area contributed by atoms with Gasteiger partial charge >= 0.3 is 0 Å². The van der Waals surface area contributed by atoms with Gasteiger partial charge in [-0.3, -0.25) is 14.6 Å². The predicted molar refractivity (Wildman–Crippen MR) is 164 cm³/mol. The molecule has 0 unspecified atom stereocenters. The van der Waals surface area contributed by atoms with Gasteiger partial charge in [0.1, 0.15) is 12.1 Å². The minimum absolute atomic E-state index is 0.108. The van der Waals surface area contributed by atoms with Crippen molar-refractivity contribution in [3.05, 3.63) is 59.3 Å². The van der Waals surface area contributed by atoms with Crippen LogP contribution in [0.1, 0.15) is 62.8 Å². The van der Waals surface area contributed by atoms with E-state index in [9.17, 15) is 9.18 Å². The second-order valence-electron chi connectivity index (χ2n) is 13.3. The molecule has 10 heteroatoms. The molecule has 2 saturated heterocycles. The molecule has 1 spiro atoms. The molecular weight excluding hydrogens is 545 g/mol. The number of rotatable bonds is 6. The number of nitrogens with zero attached hydrogens (tertiary/aromatic N) is 6. The third kappa shape index (κ3) is 5.59. The largest absolute Gasteiger partial charge is 0.379 e. The highest BCUT2D eigenvalue weighted by atomic mass is 19.1. The average molecular weight is 590 g/mol. The summed E-state index contributed by atoms with van der Waals surface area (Å²) in [5, 5.41) is 8.39. The van der Waals surface area contributed by atoms with Gasteiger partial charge < -0.3 is 15.0 Å². The van der Waals surface area contributed by atoms with Gasteiger partial charge in [-0.1, -0.05) is 31.4 Å². The number of halogens is 1. The number of pyridine rings is 1. The molecule has 3 atom stereocenters. The maximum absolute atomic E-state index is 14.4. The number of hydrogen-bond acceptors (Lipinski definition) is 7. The van der Waals surface area contributed by atoms with E-state index in [4.69, 9.17) is 9.84 Å². The third-order valence-electron chi connectivity index (χ3n) is 10.3. The number of piperazine rings is 1. The highest BCUT2D eigenvalue weighted by Crippen LogP contribution is 2.50. The number of morpholine rings is 1. The first kappa shape index (κ1) is 28.8. The molecular formula is C33H44FN7O2. The monoisotopic (exact) mass is 589 g/mol. The van der Waals surface area contributed by atoms with E-state index in [2.05, 4.69) is 44.9 Å². The van der Waals surface area contributed by atoms with Crippen LogP contribution >= 0.6 is 0 Å². The number of benzene rings is 1. The molecule has 1 aliphatic carbocycles. The summed E-state index contributed by atoms with van der Waals surface area (Å²) in [7, 11) is 0. The van der Waals surface area contributed by atoms with Crippen molar-refractivity contribution < 1.29 is 13.9 Å². The van der Waals surface area contributed by atoms with E-state index >= 15 is 0 Å². The van der Waals surface area contributed by atoms with Crippen molar-refractivity contribution in [2.45, 2.75) is 75.9 Å². The van der Waals surface area contributed by atoms with Crippen molar-refractivity contribution >= 4 is 17.2 Å². The van der Waals surface area contributed by atoms with Crippen molar-refractivity contribution in [3.63, 3.8) is 0 Å². The predicted octanol–water partition coefficient (Wildman–Crippen LogP) is 3.39. The third-order valence-corrected chi connectivity index (χ3v) is 10.3. The molecule has 9 nitrogen and oxygen atoms in total. The van der Waals surface area contributed by atoms with Crippen LogP contribution in [0, 0.1) is 5.82 Å². The molecule has 0 radical (unpaired) electrons. The molecule has 1 saturated carbocycles. The van der Waals surface area contributed by atoms with E-state index in [1.54, 1.807) is 6.33 Å². The Labute approximate surface area is 253 Å². The molecule has 7 rings (SSSR count). The van der Waals surface area contributed by atoms with Crippen molar-refractivity contribution in [2.24, 2.45) is 0 Å². The van der Waals surface area contributed by atoms with Gasteiger partial charge in [0.2, 0.25) is 5.91 Å². The fourth-order valence-electron chi connectivity index (χ4n) is 7.96. The summed E-state index contributed by atoms with van der Waals surface area (Å²) >= 11 is 0. The molecule has 4 aliphatic rings. The lowest BCUT2D eigenvalue weighted by atomic mass is 9.72.